The number of hydrogen-bond acceptors (Lipinski definition) is 7. The second-order valence-corrected chi connectivity index (χ2v) is 7.16. The van der Waals surface area contributed by atoms with Gasteiger partial charge < -0.3 is 14.4 Å². The molecule has 3 heterocycles. The van der Waals surface area contributed by atoms with E-state index in [4.69, 9.17) is 9.05 Å². The van der Waals surface area contributed by atoms with E-state index < -0.39 is 0 Å². The zero-order valence-corrected chi connectivity index (χ0v) is 14.9. The molecule has 8 heteroatoms. The predicted molar refractivity (Wildman–Crippen MR) is 92.5 cm³/mol. The molecule has 1 fully saturated rings. The first-order valence-electron chi connectivity index (χ1n) is 8.25. The maximum atomic E-state index is 12.3. The van der Waals surface area contributed by atoms with E-state index >= 15 is 0 Å². The van der Waals surface area contributed by atoms with E-state index in [1.54, 1.807) is 0 Å². The van der Waals surface area contributed by atoms with Gasteiger partial charge in [0.1, 0.15) is 10.6 Å². The van der Waals surface area contributed by atoms with E-state index in [2.05, 4.69) is 20.6 Å². The summed E-state index contributed by atoms with van der Waals surface area (Å²) in [6, 6.07) is 1.86. The van der Waals surface area contributed by atoms with Crippen molar-refractivity contribution < 1.29 is 13.8 Å². The third-order valence-electron chi connectivity index (χ3n) is 4.30. The van der Waals surface area contributed by atoms with Gasteiger partial charge in [-0.1, -0.05) is 10.3 Å². The summed E-state index contributed by atoms with van der Waals surface area (Å²) in [4.78, 5) is 17.6. The van der Waals surface area contributed by atoms with Crippen LogP contribution in [0.3, 0.4) is 0 Å². The molecule has 1 saturated carbocycles. The molecule has 0 radical (unpaired) electrons. The van der Waals surface area contributed by atoms with Gasteiger partial charge in [0.25, 0.3) is 5.89 Å². The molecule has 1 aliphatic rings. The van der Waals surface area contributed by atoms with Gasteiger partial charge in [0.05, 0.1) is 11.4 Å². The standard InChI is InChI=1S/C17H18N4O3S/c1-9-12(10(2)23-20-9)5-6-14(22)18-13-7-8-25-15(13)17-19-16(21-24-17)11-3-4-11/h7-8,11H,3-6H2,1-2H3,(H,18,22). The quantitative estimate of drug-likeness (QED) is 0.719. The SMILES string of the molecule is Cc1noc(C)c1CCC(=O)Nc1ccsc1-c1nc(C2CC2)no1. The zero-order valence-electron chi connectivity index (χ0n) is 14.0. The lowest BCUT2D eigenvalue weighted by Crippen LogP contribution is -2.12. The molecule has 3 aromatic rings. The summed E-state index contributed by atoms with van der Waals surface area (Å²) in [7, 11) is 0. The lowest BCUT2D eigenvalue weighted by molar-refractivity contribution is -0.116. The molecule has 0 unspecified atom stereocenters. The van der Waals surface area contributed by atoms with Crippen molar-refractivity contribution in [3.05, 3.63) is 34.3 Å². The topological polar surface area (TPSA) is 94.1 Å². The van der Waals surface area contributed by atoms with Gasteiger partial charge in [-0.15, -0.1) is 11.3 Å². The van der Waals surface area contributed by atoms with Crippen molar-refractivity contribution in [2.75, 3.05) is 5.32 Å². The third-order valence-corrected chi connectivity index (χ3v) is 5.20. The molecule has 4 rings (SSSR count). The van der Waals surface area contributed by atoms with E-state index in [9.17, 15) is 4.79 Å². The minimum atomic E-state index is -0.0680. The predicted octanol–water partition coefficient (Wildman–Crippen LogP) is 3.85. The van der Waals surface area contributed by atoms with Crippen LogP contribution in [0.15, 0.2) is 20.5 Å². The van der Waals surface area contributed by atoms with Crippen LogP contribution >= 0.6 is 11.3 Å². The Labute approximate surface area is 148 Å². The van der Waals surface area contributed by atoms with E-state index in [-0.39, 0.29) is 5.91 Å². The Bertz CT molecular complexity index is 887. The molecular formula is C17H18N4O3S. The fourth-order valence-corrected chi connectivity index (χ4v) is 3.49. The van der Waals surface area contributed by atoms with Crippen LogP contribution in [-0.2, 0) is 11.2 Å². The maximum Gasteiger partial charge on any atom is 0.270 e. The van der Waals surface area contributed by atoms with Crippen molar-refractivity contribution in [1.29, 1.82) is 0 Å². The summed E-state index contributed by atoms with van der Waals surface area (Å²) in [6.45, 7) is 3.74. The summed E-state index contributed by atoms with van der Waals surface area (Å²) in [6.07, 6.45) is 3.19. The highest BCUT2D eigenvalue weighted by Crippen LogP contribution is 2.40. The van der Waals surface area contributed by atoms with Crippen molar-refractivity contribution in [1.82, 2.24) is 15.3 Å². The first kappa shape index (κ1) is 16.0. The average Bonchev–Trinajstić information content (AvgIpc) is 3.00. The van der Waals surface area contributed by atoms with Gasteiger partial charge >= 0.3 is 0 Å². The molecule has 3 aromatic heterocycles. The highest BCUT2D eigenvalue weighted by molar-refractivity contribution is 7.14. The van der Waals surface area contributed by atoms with Crippen molar-refractivity contribution in [2.45, 2.75) is 45.4 Å². The van der Waals surface area contributed by atoms with Crippen molar-refractivity contribution in [3.8, 4) is 10.8 Å². The minimum absolute atomic E-state index is 0.0680. The smallest absolute Gasteiger partial charge is 0.270 e. The molecule has 130 valence electrons. The Morgan fingerprint density at radius 2 is 2.16 bits per heavy atom. The first-order chi connectivity index (χ1) is 12.1. The van der Waals surface area contributed by atoms with Crippen LogP contribution < -0.4 is 5.32 Å². The summed E-state index contributed by atoms with van der Waals surface area (Å²) >= 11 is 1.47. The molecule has 0 bridgehead atoms. The van der Waals surface area contributed by atoms with Crippen LogP contribution in [0.2, 0.25) is 0 Å². The summed E-state index contributed by atoms with van der Waals surface area (Å²) in [5.74, 6) is 2.36. The van der Waals surface area contributed by atoms with Crippen LogP contribution in [0.5, 0.6) is 0 Å². The van der Waals surface area contributed by atoms with Gasteiger partial charge in [-0.25, -0.2) is 0 Å². The lowest BCUT2D eigenvalue weighted by atomic mass is 10.1. The normalized spacial score (nSPS) is 14.0. The van der Waals surface area contributed by atoms with E-state index in [0.29, 0.717) is 30.3 Å². The molecule has 7 nitrogen and oxygen atoms in total. The van der Waals surface area contributed by atoms with E-state index in [1.807, 2.05) is 25.3 Å². The number of aryl methyl sites for hydroxylation is 2. The summed E-state index contributed by atoms with van der Waals surface area (Å²) in [5.41, 5.74) is 2.53. The highest BCUT2D eigenvalue weighted by atomic mass is 32.1. The minimum Gasteiger partial charge on any atom is -0.361 e. The number of carbonyl (C=O) groups is 1. The van der Waals surface area contributed by atoms with Crippen molar-refractivity contribution in [3.63, 3.8) is 0 Å². The van der Waals surface area contributed by atoms with Crippen LogP contribution in [0.25, 0.3) is 10.8 Å². The van der Waals surface area contributed by atoms with Crippen molar-refractivity contribution in [2.24, 2.45) is 0 Å². The van der Waals surface area contributed by atoms with Crippen LogP contribution in [-0.4, -0.2) is 21.2 Å². The number of nitrogens with zero attached hydrogens (tertiary/aromatic N) is 3. The Balaban J connectivity index is 1.42. The van der Waals surface area contributed by atoms with E-state index in [1.165, 1.54) is 11.3 Å². The average molecular weight is 358 g/mol. The molecular weight excluding hydrogens is 340 g/mol. The highest BCUT2D eigenvalue weighted by Gasteiger charge is 2.29. The Kier molecular flexibility index (Phi) is 4.12. The molecule has 0 spiro atoms. The number of aromatic nitrogens is 3. The summed E-state index contributed by atoms with van der Waals surface area (Å²) in [5, 5.41) is 12.8. The molecule has 1 aliphatic carbocycles. The van der Waals surface area contributed by atoms with E-state index in [0.717, 1.165) is 40.6 Å². The molecule has 0 aromatic carbocycles. The van der Waals surface area contributed by atoms with Gasteiger partial charge in [0.15, 0.2) is 5.82 Å². The maximum absolute atomic E-state index is 12.3. The number of hydrogen-bond donors (Lipinski definition) is 1. The lowest BCUT2D eigenvalue weighted by Gasteiger charge is -2.04. The fourth-order valence-electron chi connectivity index (χ4n) is 2.72. The van der Waals surface area contributed by atoms with Gasteiger partial charge in [-0.2, -0.15) is 4.98 Å². The largest absolute Gasteiger partial charge is 0.361 e. The van der Waals surface area contributed by atoms with Crippen LogP contribution in [0.1, 0.15) is 48.0 Å². The molecule has 0 aliphatic heterocycles. The number of anilines is 1. The zero-order chi connectivity index (χ0) is 17.4. The van der Waals surface area contributed by atoms with Gasteiger partial charge in [0.2, 0.25) is 5.91 Å². The van der Waals surface area contributed by atoms with Gasteiger partial charge in [0, 0.05) is 17.9 Å². The van der Waals surface area contributed by atoms with Crippen LogP contribution in [0, 0.1) is 13.8 Å². The fraction of sp³-hybridized carbons (Fsp3) is 0.412. The third kappa shape index (κ3) is 3.34. The molecule has 1 amide bonds. The molecule has 1 N–H and O–H groups in total. The molecule has 0 saturated heterocycles. The van der Waals surface area contributed by atoms with Gasteiger partial charge in [-0.3, -0.25) is 4.79 Å². The first-order valence-corrected chi connectivity index (χ1v) is 9.13. The Morgan fingerprint density at radius 1 is 1.32 bits per heavy atom. The van der Waals surface area contributed by atoms with Gasteiger partial charge in [-0.05, 0) is 44.6 Å². The second-order valence-electron chi connectivity index (χ2n) is 6.25. The Morgan fingerprint density at radius 3 is 2.88 bits per heavy atom. The van der Waals surface area contributed by atoms with Crippen LogP contribution in [0.4, 0.5) is 5.69 Å². The van der Waals surface area contributed by atoms with Crippen molar-refractivity contribution >= 4 is 22.9 Å². The Hall–Kier alpha value is -2.48. The molecule has 25 heavy (non-hydrogen) atoms. The number of rotatable bonds is 6. The second kappa shape index (κ2) is 6.44. The number of nitrogens with one attached hydrogen (secondary N) is 1. The monoisotopic (exact) mass is 358 g/mol. The number of amides is 1. The summed E-state index contributed by atoms with van der Waals surface area (Å²) < 4.78 is 10.5. The number of carbonyl (C=O) groups excluding carboxylic acids is 1. The number of thiophene rings is 1. The molecule has 0 atom stereocenters.